The van der Waals surface area contributed by atoms with Gasteiger partial charge in [-0.05, 0) is 61.4 Å². The highest BCUT2D eigenvalue weighted by Gasteiger charge is 2.17. The number of aromatic nitrogens is 1. The van der Waals surface area contributed by atoms with Gasteiger partial charge < -0.3 is 9.26 Å². The summed E-state index contributed by atoms with van der Waals surface area (Å²) in [4.78, 5) is 13.9. The van der Waals surface area contributed by atoms with E-state index in [-0.39, 0.29) is 0 Å². The first-order valence-corrected chi connectivity index (χ1v) is 9.72. The minimum atomic E-state index is -0.404. The Kier molecular flexibility index (Phi) is 4.98. The Morgan fingerprint density at radius 2 is 1.66 bits per heavy atom. The molecule has 0 atom stereocenters. The zero-order valence-corrected chi connectivity index (χ0v) is 16.6. The van der Waals surface area contributed by atoms with Crippen LogP contribution in [0.3, 0.4) is 0 Å². The summed E-state index contributed by atoms with van der Waals surface area (Å²) in [7, 11) is 0. The van der Waals surface area contributed by atoms with E-state index in [1.807, 2.05) is 44.2 Å². The Morgan fingerprint density at radius 3 is 2.24 bits per heavy atom. The van der Waals surface area contributed by atoms with Crippen molar-refractivity contribution in [1.29, 1.82) is 5.26 Å². The molecule has 0 radical (unpaired) electrons. The summed E-state index contributed by atoms with van der Waals surface area (Å²) < 4.78 is 10.7. The molecule has 0 spiro atoms. The Bertz CT molecular complexity index is 1190. The number of benzene rings is 2. The molecule has 29 heavy (non-hydrogen) atoms. The monoisotopic (exact) mass is 400 g/mol. The van der Waals surface area contributed by atoms with Crippen molar-refractivity contribution in [2.75, 3.05) is 0 Å². The van der Waals surface area contributed by atoms with E-state index in [1.165, 1.54) is 11.3 Å². The van der Waals surface area contributed by atoms with Crippen molar-refractivity contribution < 1.29 is 14.1 Å². The number of hydrogen-bond donors (Lipinski definition) is 0. The molecule has 0 unspecified atom stereocenters. The molecule has 5 nitrogen and oxygen atoms in total. The number of ether oxygens (including phenoxy) is 1. The van der Waals surface area contributed by atoms with Gasteiger partial charge in [-0.15, -0.1) is 11.3 Å². The zero-order valence-electron chi connectivity index (χ0n) is 15.8. The molecule has 2 aromatic heterocycles. The third-order valence-corrected chi connectivity index (χ3v) is 5.58. The summed E-state index contributed by atoms with van der Waals surface area (Å²) in [6.07, 6.45) is 0. The van der Waals surface area contributed by atoms with Gasteiger partial charge in [0, 0.05) is 4.88 Å². The van der Waals surface area contributed by atoms with Crippen LogP contribution in [0.1, 0.15) is 26.7 Å². The second-order valence-corrected chi connectivity index (χ2v) is 7.55. The van der Waals surface area contributed by atoms with Crippen LogP contribution in [0.25, 0.3) is 21.6 Å². The molecular weight excluding hydrogens is 384 g/mol. The molecule has 0 N–H and O–H groups in total. The number of rotatable bonds is 4. The van der Waals surface area contributed by atoms with Crippen LogP contribution in [-0.2, 0) is 0 Å². The first-order chi connectivity index (χ1) is 14.0. The van der Waals surface area contributed by atoms with E-state index in [1.54, 1.807) is 30.3 Å². The van der Waals surface area contributed by atoms with Gasteiger partial charge in [0.1, 0.15) is 16.4 Å². The van der Waals surface area contributed by atoms with Gasteiger partial charge in [0.15, 0.2) is 0 Å². The molecule has 142 valence electrons. The number of aryl methyl sites for hydroxylation is 2. The molecule has 2 heterocycles. The van der Waals surface area contributed by atoms with Crippen LogP contribution in [0.5, 0.6) is 5.75 Å². The fourth-order valence-electron chi connectivity index (χ4n) is 3.03. The van der Waals surface area contributed by atoms with Gasteiger partial charge in [-0.1, -0.05) is 29.4 Å². The summed E-state index contributed by atoms with van der Waals surface area (Å²) in [5, 5.41) is 12.8. The van der Waals surface area contributed by atoms with Crippen LogP contribution >= 0.6 is 11.3 Å². The first-order valence-electron chi connectivity index (χ1n) is 8.91. The lowest BCUT2D eigenvalue weighted by Gasteiger charge is -2.05. The summed E-state index contributed by atoms with van der Waals surface area (Å²) in [5.41, 5.74) is 4.30. The SMILES string of the molecule is Cc1noc(C)c1-c1ccc(C(=O)Oc2ccc(-c3ccc(C#N)cc3)cc2)s1. The number of hydrogen-bond acceptors (Lipinski definition) is 6. The fraction of sp³-hybridized carbons (Fsp3) is 0.0870. The van der Waals surface area contributed by atoms with E-state index in [2.05, 4.69) is 11.2 Å². The highest BCUT2D eigenvalue weighted by Crippen LogP contribution is 2.33. The number of carbonyl (C=O) groups excluding carboxylic acids is 1. The standard InChI is InChI=1S/C23H16N2O3S/c1-14-22(15(2)28-25-14)20-11-12-21(29-20)23(26)27-19-9-7-18(8-10-19)17-5-3-16(13-24)4-6-17/h3-12H,1-2H3. The normalized spacial score (nSPS) is 10.5. The third kappa shape index (κ3) is 3.82. The molecule has 6 heteroatoms. The van der Waals surface area contributed by atoms with Gasteiger partial charge in [0.2, 0.25) is 0 Å². The van der Waals surface area contributed by atoms with E-state index in [4.69, 9.17) is 14.5 Å². The maximum Gasteiger partial charge on any atom is 0.353 e. The van der Waals surface area contributed by atoms with Gasteiger partial charge in [0.25, 0.3) is 0 Å². The van der Waals surface area contributed by atoms with Crippen LogP contribution in [0, 0.1) is 25.2 Å². The maximum absolute atomic E-state index is 12.5. The largest absolute Gasteiger partial charge is 0.422 e. The van der Waals surface area contributed by atoms with E-state index >= 15 is 0 Å². The fourth-order valence-corrected chi connectivity index (χ4v) is 4.05. The van der Waals surface area contributed by atoms with Crippen LogP contribution in [0.4, 0.5) is 0 Å². The minimum absolute atomic E-state index is 0.404. The number of esters is 1. The topological polar surface area (TPSA) is 76.1 Å². The molecule has 0 aliphatic carbocycles. The predicted molar refractivity (Wildman–Crippen MR) is 111 cm³/mol. The summed E-state index contributed by atoms with van der Waals surface area (Å²) >= 11 is 1.35. The average Bonchev–Trinajstić information content (AvgIpc) is 3.35. The summed E-state index contributed by atoms with van der Waals surface area (Å²) in [6, 6.07) is 20.3. The lowest BCUT2D eigenvalue weighted by molar-refractivity contribution is 0.0740. The molecule has 4 rings (SSSR count). The first kappa shape index (κ1) is 18.7. The summed E-state index contributed by atoms with van der Waals surface area (Å²) in [5.74, 6) is 0.793. The van der Waals surface area contributed by atoms with Crippen LogP contribution in [0.15, 0.2) is 65.2 Å². The van der Waals surface area contributed by atoms with Gasteiger partial charge >= 0.3 is 5.97 Å². The van der Waals surface area contributed by atoms with Crippen molar-refractivity contribution in [3.05, 3.63) is 82.6 Å². The molecule has 4 aromatic rings. The average molecular weight is 400 g/mol. The molecule has 0 saturated carbocycles. The quantitative estimate of drug-likeness (QED) is 0.321. The van der Waals surface area contributed by atoms with Crippen LogP contribution in [-0.4, -0.2) is 11.1 Å². The Labute approximate surface area is 171 Å². The van der Waals surface area contributed by atoms with Crippen molar-refractivity contribution in [2.24, 2.45) is 0 Å². The molecule has 0 amide bonds. The van der Waals surface area contributed by atoms with E-state index in [0.717, 1.165) is 33.0 Å². The number of thiophene rings is 1. The Hall–Kier alpha value is -3.69. The number of nitrogens with zero attached hydrogens (tertiary/aromatic N) is 2. The molecule has 0 aliphatic heterocycles. The lowest BCUT2D eigenvalue weighted by Crippen LogP contribution is -2.06. The number of carbonyl (C=O) groups is 1. The van der Waals surface area contributed by atoms with Gasteiger partial charge in [0.05, 0.1) is 22.9 Å². The third-order valence-electron chi connectivity index (χ3n) is 4.50. The van der Waals surface area contributed by atoms with Gasteiger partial charge in [-0.3, -0.25) is 0 Å². The smallest absolute Gasteiger partial charge is 0.353 e. The van der Waals surface area contributed by atoms with Crippen molar-refractivity contribution in [3.63, 3.8) is 0 Å². The predicted octanol–water partition coefficient (Wildman–Crippen LogP) is 5.78. The molecule has 0 fully saturated rings. The number of nitriles is 1. The molecular formula is C23H16N2O3S. The highest BCUT2D eigenvalue weighted by atomic mass is 32.1. The molecule has 2 aromatic carbocycles. The molecule has 0 saturated heterocycles. The maximum atomic E-state index is 12.5. The Balaban J connectivity index is 1.48. The van der Waals surface area contributed by atoms with E-state index in [0.29, 0.717) is 16.2 Å². The van der Waals surface area contributed by atoms with Crippen molar-refractivity contribution >= 4 is 17.3 Å². The van der Waals surface area contributed by atoms with Crippen molar-refractivity contribution in [3.8, 4) is 33.4 Å². The van der Waals surface area contributed by atoms with Crippen LogP contribution in [0.2, 0.25) is 0 Å². The lowest BCUT2D eigenvalue weighted by atomic mass is 10.0. The van der Waals surface area contributed by atoms with E-state index < -0.39 is 5.97 Å². The second kappa shape index (κ2) is 7.74. The minimum Gasteiger partial charge on any atom is -0.422 e. The van der Waals surface area contributed by atoms with Crippen LogP contribution < -0.4 is 4.74 Å². The highest BCUT2D eigenvalue weighted by molar-refractivity contribution is 7.17. The second-order valence-electron chi connectivity index (χ2n) is 6.47. The van der Waals surface area contributed by atoms with Gasteiger partial charge in [-0.2, -0.15) is 5.26 Å². The Morgan fingerprint density at radius 1 is 1.00 bits per heavy atom. The zero-order chi connectivity index (χ0) is 20.4. The van der Waals surface area contributed by atoms with Crippen molar-refractivity contribution in [2.45, 2.75) is 13.8 Å². The summed E-state index contributed by atoms with van der Waals surface area (Å²) in [6.45, 7) is 3.72. The van der Waals surface area contributed by atoms with Gasteiger partial charge in [-0.25, -0.2) is 4.79 Å². The molecule has 0 bridgehead atoms. The van der Waals surface area contributed by atoms with E-state index in [9.17, 15) is 4.79 Å². The van der Waals surface area contributed by atoms with Crippen molar-refractivity contribution in [1.82, 2.24) is 5.16 Å². The molecule has 0 aliphatic rings.